The van der Waals surface area contributed by atoms with Crippen LogP contribution in [0.3, 0.4) is 0 Å². The fourth-order valence-corrected chi connectivity index (χ4v) is 3.10. The van der Waals surface area contributed by atoms with Crippen molar-refractivity contribution < 1.29 is 4.74 Å². The van der Waals surface area contributed by atoms with Crippen LogP contribution in [0, 0.1) is 0 Å². The Morgan fingerprint density at radius 1 is 1.40 bits per heavy atom. The van der Waals surface area contributed by atoms with Crippen LogP contribution in [0.15, 0.2) is 0 Å². The molecule has 0 radical (unpaired) electrons. The third kappa shape index (κ3) is 5.79. The summed E-state index contributed by atoms with van der Waals surface area (Å²) in [6.07, 6.45) is 5.16. The second kappa shape index (κ2) is 7.53. The van der Waals surface area contributed by atoms with E-state index in [1.807, 2.05) is 0 Å². The molecular formula is C12H25NOS. The van der Waals surface area contributed by atoms with Crippen molar-refractivity contribution in [1.29, 1.82) is 0 Å². The van der Waals surface area contributed by atoms with Gasteiger partial charge in [-0.3, -0.25) is 0 Å². The van der Waals surface area contributed by atoms with Crippen molar-refractivity contribution in [1.82, 2.24) is 5.32 Å². The lowest BCUT2D eigenvalue weighted by atomic mass is 10.1. The van der Waals surface area contributed by atoms with Crippen LogP contribution in [-0.2, 0) is 4.74 Å². The first-order valence-corrected chi connectivity index (χ1v) is 7.18. The summed E-state index contributed by atoms with van der Waals surface area (Å²) in [6, 6.07) is 0. The Balaban J connectivity index is 1.88. The molecule has 1 saturated heterocycles. The Kier molecular flexibility index (Phi) is 6.69. The first-order valence-electron chi connectivity index (χ1n) is 6.19. The van der Waals surface area contributed by atoms with E-state index in [1.165, 1.54) is 31.4 Å². The number of hydrogen-bond acceptors (Lipinski definition) is 3. The average molecular weight is 231 g/mol. The van der Waals surface area contributed by atoms with E-state index in [2.05, 4.69) is 30.9 Å². The van der Waals surface area contributed by atoms with Crippen molar-refractivity contribution in [2.45, 2.75) is 44.3 Å². The van der Waals surface area contributed by atoms with Crippen LogP contribution in [0.25, 0.3) is 0 Å². The molecule has 0 spiro atoms. The summed E-state index contributed by atoms with van der Waals surface area (Å²) in [6.45, 7) is 8.48. The number of hydrogen-bond donors (Lipinski definition) is 1. The number of ether oxygens (including phenoxy) is 1. The van der Waals surface area contributed by atoms with Crippen molar-refractivity contribution >= 4 is 11.8 Å². The van der Waals surface area contributed by atoms with Gasteiger partial charge >= 0.3 is 0 Å². The Hall–Kier alpha value is 0.270. The molecule has 0 aromatic heterocycles. The zero-order valence-electron chi connectivity index (χ0n) is 10.2. The van der Waals surface area contributed by atoms with E-state index in [4.69, 9.17) is 4.74 Å². The van der Waals surface area contributed by atoms with Gasteiger partial charge in [-0.25, -0.2) is 0 Å². The number of nitrogens with one attached hydrogen (secondary N) is 1. The summed E-state index contributed by atoms with van der Waals surface area (Å²) in [5, 5.41) is 3.50. The molecule has 1 rings (SSSR count). The predicted molar refractivity (Wildman–Crippen MR) is 68.7 cm³/mol. The minimum absolute atomic E-state index is 0.490. The van der Waals surface area contributed by atoms with E-state index >= 15 is 0 Å². The molecule has 1 atom stereocenters. The lowest BCUT2D eigenvalue weighted by Crippen LogP contribution is -2.34. The average Bonchev–Trinajstić information content (AvgIpc) is 2.64. The van der Waals surface area contributed by atoms with E-state index in [9.17, 15) is 0 Å². The second-order valence-corrected chi connectivity index (χ2v) is 6.23. The maximum absolute atomic E-state index is 5.50. The fourth-order valence-electron chi connectivity index (χ4n) is 1.82. The lowest BCUT2D eigenvalue weighted by Gasteiger charge is -2.22. The minimum Gasteiger partial charge on any atom is -0.380 e. The molecule has 90 valence electrons. The smallest absolute Gasteiger partial charge is 0.0590 e. The first-order chi connectivity index (χ1) is 7.27. The molecule has 3 heteroatoms. The quantitative estimate of drug-likeness (QED) is 0.649. The normalized spacial score (nSPS) is 26.0. The van der Waals surface area contributed by atoms with Gasteiger partial charge in [-0.05, 0) is 31.9 Å². The van der Waals surface area contributed by atoms with E-state index in [0.29, 0.717) is 4.75 Å². The molecule has 0 aromatic rings. The summed E-state index contributed by atoms with van der Waals surface area (Å²) in [5.41, 5.74) is 0. The molecule has 0 saturated carbocycles. The number of unbranched alkanes of at least 4 members (excludes halogenated alkanes) is 1. The minimum atomic E-state index is 0.490. The molecule has 0 bridgehead atoms. The van der Waals surface area contributed by atoms with Crippen LogP contribution in [0.2, 0.25) is 0 Å². The van der Waals surface area contributed by atoms with Gasteiger partial charge < -0.3 is 10.1 Å². The maximum Gasteiger partial charge on any atom is 0.0590 e. The second-order valence-electron chi connectivity index (χ2n) is 4.54. The lowest BCUT2D eigenvalue weighted by molar-refractivity contribution is 0.132. The van der Waals surface area contributed by atoms with Gasteiger partial charge in [0.05, 0.1) is 6.61 Å². The maximum atomic E-state index is 5.50. The van der Waals surface area contributed by atoms with Crippen molar-refractivity contribution in [2.24, 2.45) is 0 Å². The van der Waals surface area contributed by atoms with Crippen molar-refractivity contribution in [2.75, 3.05) is 32.1 Å². The van der Waals surface area contributed by atoms with E-state index in [-0.39, 0.29) is 0 Å². The molecule has 1 aliphatic heterocycles. The highest BCUT2D eigenvalue weighted by molar-refractivity contribution is 8.00. The van der Waals surface area contributed by atoms with Gasteiger partial charge in [-0.15, -0.1) is 0 Å². The highest BCUT2D eigenvalue weighted by Crippen LogP contribution is 2.36. The van der Waals surface area contributed by atoms with Crippen LogP contribution < -0.4 is 5.32 Å². The predicted octanol–water partition coefficient (Wildman–Crippen LogP) is 2.68. The first kappa shape index (κ1) is 13.3. The largest absolute Gasteiger partial charge is 0.380 e. The summed E-state index contributed by atoms with van der Waals surface area (Å²) < 4.78 is 5.99. The molecule has 1 aliphatic rings. The van der Waals surface area contributed by atoms with E-state index < -0.39 is 0 Å². The zero-order valence-corrected chi connectivity index (χ0v) is 11.0. The number of thioether (sulfide) groups is 1. The molecule has 1 heterocycles. The topological polar surface area (TPSA) is 21.3 Å². The van der Waals surface area contributed by atoms with Crippen LogP contribution in [0.5, 0.6) is 0 Å². The van der Waals surface area contributed by atoms with E-state index in [1.54, 1.807) is 0 Å². The van der Waals surface area contributed by atoms with Gasteiger partial charge in [-0.1, -0.05) is 13.3 Å². The molecule has 1 fully saturated rings. The van der Waals surface area contributed by atoms with Crippen molar-refractivity contribution in [3.63, 3.8) is 0 Å². The monoisotopic (exact) mass is 231 g/mol. The Morgan fingerprint density at radius 3 is 2.93 bits per heavy atom. The zero-order chi connectivity index (χ0) is 11.0. The molecule has 0 amide bonds. The van der Waals surface area contributed by atoms with Gasteiger partial charge in [0, 0.05) is 24.4 Å². The van der Waals surface area contributed by atoms with Gasteiger partial charge in [0.15, 0.2) is 0 Å². The van der Waals surface area contributed by atoms with E-state index in [0.717, 1.165) is 26.3 Å². The van der Waals surface area contributed by atoms with Crippen LogP contribution in [0.4, 0.5) is 0 Å². The highest BCUT2D eigenvalue weighted by atomic mass is 32.2. The third-order valence-corrected chi connectivity index (χ3v) is 4.40. The molecule has 15 heavy (non-hydrogen) atoms. The van der Waals surface area contributed by atoms with Gasteiger partial charge in [0.2, 0.25) is 0 Å². The third-order valence-electron chi connectivity index (χ3n) is 2.86. The summed E-state index contributed by atoms with van der Waals surface area (Å²) in [5.74, 6) is 1.34. The SMILES string of the molecule is CCCCOCCNCC1(C)CCCS1. The molecule has 1 N–H and O–H groups in total. The van der Waals surface area contributed by atoms with Crippen LogP contribution in [-0.4, -0.2) is 36.8 Å². The summed E-state index contributed by atoms with van der Waals surface area (Å²) in [4.78, 5) is 0. The molecule has 1 unspecified atom stereocenters. The Morgan fingerprint density at radius 2 is 2.27 bits per heavy atom. The van der Waals surface area contributed by atoms with Gasteiger partial charge in [-0.2, -0.15) is 11.8 Å². The number of rotatable bonds is 8. The highest BCUT2D eigenvalue weighted by Gasteiger charge is 2.28. The fraction of sp³-hybridized carbons (Fsp3) is 1.00. The Labute approximate surface area is 98.5 Å². The molecule has 0 aromatic carbocycles. The van der Waals surface area contributed by atoms with Gasteiger partial charge in [0.25, 0.3) is 0 Å². The van der Waals surface area contributed by atoms with Crippen molar-refractivity contribution in [3.05, 3.63) is 0 Å². The standard InChI is InChI=1S/C12H25NOS/c1-3-4-8-14-9-7-13-11-12(2)6-5-10-15-12/h13H,3-11H2,1-2H3. The van der Waals surface area contributed by atoms with Gasteiger partial charge in [0.1, 0.15) is 0 Å². The summed E-state index contributed by atoms with van der Waals surface area (Å²) in [7, 11) is 0. The molecule has 0 aliphatic carbocycles. The summed E-state index contributed by atoms with van der Waals surface area (Å²) >= 11 is 2.11. The molecular weight excluding hydrogens is 206 g/mol. The van der Waals surface area contributed by atoms with Crippen LogP contribution >= 0.6 is 11.8 Å². The Bertz CT molecular complexity index is 158. The van der Waals surface area contributed by atoms with Crippen LogP contribution in [0.1, 0.15) is 39.5 Å². The van der Waals surface area contributed by atoms with Crippen molar-refractivity contribution in [3.8, 4) is 0 Å². The molecule has 2 nitrogen and oxygen atoms in total.